The van der Waals surface area contributed by atoms with E-state index < -0.39 is 0 Å². The van der Waals surface area contributed by atoms with Crippen molar-refractivity contribution in [2.75, 3.05) is 11.5 Å². The zero-order valence-electron chi connectivity index (χ0n) is 7.33. The molecule has 0 saturated carbocycles. The van der Waals surface area contributed by atoms with Crippen LogP contribution in [0.2, 0.25) is 0 Å². The second-order valence-electron chi connectivity index (χ2n) is 2.11. The number of thioether (sulfide) groups is 2. The molecule has 0 fully saturated rings. The molecule has 0 N–H and O–H groups in total. The molecule has 0 unspecified atom stereocenters. The van der Waals surface area contributed by atoms with Crippen LogP contribution in [0.5, 0.6) is 0 Å². The molecule has 0 bridgehead atoms. The van der Waals surface area contributed by atoms with Crippen LogP contribution >= 0.6 is 23.5 Å². The molecule has 0 saturated heterocycles. The van der Waals surface area contributed by atoms with Gasteiger partial charge in [-0.15, -0.1) is 23.5 Å². The van der Waals surface area contributed by atoms with Gasteiger partial charge in [-0.2, -0.15) is 0 Å². The van der Waals surface area contributed by atoms with Gasteiger partial charge in [0.15, 0.2) is 0 Å². The molecule has 0 aromatic carbocycles. The van der Waals surface area contributed by atoms with Crippen molar-refractivity contribution in [1.29, 1.82) is 0 Å². The van der Waals surface area contributed by atoms with Gasteiger partial charge in [0.05, 0.1) is 0 Å². The van der Waals surface area contributed by atoms with Crippen molar-refractivity contribution < 1.29 is 0 Å². The van der Waals surface area contributed by atoms with Crippen molar-refractivity contribution in [2.24, 2.45) is 0 Å². The van der Waals surface area contributed by atoms with Gasteiger partial charge in [0, 0.05) is 17.2 Å². The third-order valence-electron chi connectivity index (χ3n) is 1.23. The quantitative estimate of drug-likeness (QED) is 0.690. The van der Waals surface area contributed by atoms with E-state index >= 15 is 0 Å². The first kappa shape index (κ1) is 9.93. The van der Waals surface area contributed by atoms with E-state index in [0.29, 0.717) is 0 Å². The first-order chi connectivity index (χ1) is 5.86. The molecule has 0 aliphatic heterocycles. The third-order valence-corrected chi connectivity index (χ3v) is 2.84. The minimum atomic E-state index is 1.01. The normalized spacial score (nSPS) is 10.2. The molecule has 0 aliphatic rings. The maximum absolute atomic E-state index is 4.21. The zero-order chi connectivity index (χ0) is 8.81. The van der Waals surface area contributed by atoms with E-state index in [4.69, 9.17) is 0 Å². The van der Waals surface area contributed by atoms with E-state index in [0.717, 1.165) is 16.5 Å². The molecule has 1 aromatic heterocycles. The van der Waals surface area contributed by atoms with Crippen molar-refractivity contribution in [3.63, 3.8) is 0 Å². The Balaban J connectivity index is 2.67. The fourth-order valence-electron chi connectivity index (χ4n) is 0.802. The minimum Gasteiger partial charge on any atom is -0.249 e. The molecule has 0 aliphatic carbocycles. The molecule has 12 heavy (non-hydrogen) atoms. The summed E-state index contributed by atoms with van der Waals surface area (Å²) in [4.78, 5) is 5.40. The Morgan fingerprint density at radius 3 is 2.75 bits per heavy atom. The maximum Gasteiger partial charge on any atom is 0.105 e. The maximum atomic E-state index is 4.21. The molecular formula is C9H12NS2. The van der Waals surface area contributed by atoms with Crippen LogP contribution in [0.3, 0.4) is 0 Å². The first-order valence-electron chi connectivity index (χ1n) is 4.00. The van der Waals surface area contributed by atoms with Crippen molar-refractivity contribution in [1.82, 2.24) is 4.98 Å². The van der Waals surface area contributed by atoms with Crippen LogP contribution in [0.1, 0.15) is 13.8 Å². The Morgan fingerprint density at radius 1 is 1.33 bits per heavy atom. The van der Waals surface area contributed by atoms with Crippen LogP contribution in [0.15, 0.2) is 22.2 Å². The lowest BCUT2D eigenvalue weighted by atomic mass is 10.5. The Kier molecular flexibility index (Phi) is 4.54. The van der Waals surface area contributed by atoms with E-state index in [1.807, 2.05) is 12.3 Å². The SMILES string of the molecule is CCSc1[c]c(SCC)ncc1. The summed E-state index contributed by atoms with van der Waals surface area (Å²) in [5.74, 6) is 2.15. The predicted octanol–water partition coefficient (Wildman–Crippen LogP) is 3.11. The summed E-state index contributed by atoms with van der Waals surface area (Å²) in [7, 11) is 0. The molecule has 1 nitrogen and oxygen atoms in total. The van der Waals surface area contributed by atoms with Crippen LogP contribution in [0, 0.1) is 6.07 Å². The summed E-state index contributed by atoms with van der Waals surface area (Å²) in [6.07, 6.45) is 1.85. The number of aromatic nitrogens is 1. The summed E-state index contributed by atoms with van der Waals surface area (Å²) in [5, 5.41) is 1.01. The van der Waals surface area contributed by atoms with Crippen LogP contribution in [0.4, 0.5) is 0 Å². The van der Waals surface area contributed by atoms with Gasteiger partial charge in [-0.1, -0.05) is 13.8 Å². The lowest BCUT2D eigenvalue weighted by Gasteiger charge is -1.99. The number of nitrogens with zero attached hydrogens (tertiary/aromatic N) is 1. The fraction of sp³-hybridized carbons (Fsp3) is 0.444. The van der Waals surface area contributed by atoms with Gasteiger partial charge in [-0.3, -0.25) is 0 Å². The largest absolute Gasteiger partial charge is 0.249 e. The monoisotopic (exact) mass is 198 g/mol. The van der Waals surface area contributed by atoms with Gasteiger partial charge >= 0.3 is 0 Å². The topological polar surface area (TPSA) is 12.9 Å². The Hall–Kier alpha value is -0.150. The van der Waals surface area contributed by atoms with E-state index in [1.54, 1.807) is 23.5 Å². The zero-order valence-corrected chi connectivity index (χ0v) is 8.97. The fourth-order valence-corrected chi connectivity index (χ4v) is 2.09. The molecule has 0 atom stereocenters. The average Bonchev–Trinajstić information content (AvgIpc) is 2.06. The molecule has 1 aromatic rings. The summed E-state index contributed by atoms with van der Waals surface area (Å²) < 4.78 is 0. The van der Waals surface area contributed by atoms with Crippen LogP contribution in [-0.4, -0.2) is 16.5 Å². The van der Waals surface area contributed by atoms with E-state index in [-0.39, 0.29) is 0 Å². The summed E-state index contributed by atoms with van der Waals surface area (Å²) >= 11 is 3.54. The van der Waals surface area contributed by atoms with Crippen molar-refractivity contribution in [2.45, 2.75) is 23.8 Å². The highest BCUT2D eigenvalue weighted by molar-refractivity contribution is 8.00. The molecule has 65 valence electrons. The van der Waals surface area contributed by atoms with Gasteiger partial charge < -0.3 is 0 Å². The van der Waals surface area contributed by atoms with Crippen molar-refractivity contribution in [3.8, 4) is 0 Å². The summed E-state index contributed by atoms with van der Waals surface area (Å²) in [6.45, 7) is 4.27. The highest BCUT2D eigenvalue weighted by atomic mass is 32.2. The summed E-state index contributed by atoms with van der Waals surface area (Å²) in [5.41, 5.74) is 0. The number of pyridine rings is 1. The van der Waals surface area contributed by atoms with Gasteiger partial charge in [0.1, 0.15) is 5.03 Å². The van der Waals surface area contributed by atoms with Gasteiger partial charge in [0.25, 0.3) is 0 Å². The minimum absolute atomic E-state index is 1.01. The predicted molar refractivity (Wildman–Crippen MR) is 55.9 cm³/mol. The highest BCUT2D eigenvalue weighted by Crippen LogP contribution is 2.21. The molecular weight excluding hydrogens is 186 g/mol. The standard InChI is InChI=1S/C9H12NS2/c1-3-11-8-5-6-10-9(7-8)12-4-2/h5-6H,3-4H2,1-2H3. The number of hydrogen-bond donors (Lipinski definition) is 0. The van der Waals surface area contributed by atoms with Crippen LogP contribution < -0.4 is 0 Å². The van der Waals surface area contributed by atoms with Gasteiger partial charge in [-0.05, 0) is 17.6 Å². The highest BCUT2D eigenvalue weighted by Gasteiger charge is 1.96. The summed E-state index contributed by atoms with van der Waals surface area (Å²) in [6, 6.07) is 5.27. The average molecular weight is 198 g/mol. The van der Waals surface area contributed by atoms with E-state index in [9.17, 15) is 0 Å². The number of rotatable bonds is 4. The molecule has 1 radical (unpaired) electrons. The lowest BCUT2D eigenvalue weighted by molar-refractivity contribution is 1.08. The number of hydrogen-bond acceptors (Lipinski definition) is 3. The molecule has 1 heterocycles. The van der Waals surface area contributed by atoms with Crippen molar-refractivity contribution >= 4 is 23.5 Å². The Bertz CT molecular complexity index is 216. The molecule has 1 rings (SSSR count). The molecule has 0 amide bonds. The molecule has 3 heteroatoms. The van der Waals surface area contributed by atoms with Crippen LogP contribution in [-0.2, 0) is 0 Å². The van der Waals surface area contributed by atoms with Crippen LogP contribution in [0.25, 0.3) is 0 Å². The smallest absolute Gasteiger partial charge is 0.105 e. The second kappa shape index (κ2) is 5.49. The first-order valence-corrected chi connectivity index (χ1v) is 5.97. The van der Waals surface area contributed by atoms with E-state index in [1.165, 1.54) is 4.90 Å². The van der Waals surface area contributed by atoms with E-state index in [2.05, 4.69) is 24.9 Å². The third kappa shape index (κ3) is 3.07. The Labute approximate surface area is 82.4 Å². The molecule has 0 spiro atoms. The van der Waals surface area contributed by atoms with Gasteiger partial charge in [-0.25, -0.2) is 4.98 Å². The lowest BCUT2D eigenvalue weighted by Crippen LogP contribution is -1.81. The Morgan fingerprint density at radius 2 is 2.08 bits per heavy atom. The van der Waals surface area contributed by atoms with Gasteiger partial charge in [0.2, 0.25) is 0 Å². The second-order valence-corrected chi connectivity index (χ2v) is 4.66. The van der Waals surface area contributed by atoms with Crippen molar-refractivity contribution in [3.05, 3.63) is 18.3 Å².